The van der Waals surface area contributed by atoms with Crippen LogP contribution in [0.1, 0.15) is 24.3 Å². The van der Waals surface area contributed by atoms with Gasteiger partial charge >= 0.3 is 5.97 Å². The summed E-state index contributed by atoms with van der Waals surface area (Å²) in [6.07, 6.45) is -0.0809. The van der Waals surface area contributed by atoms with Gasteiger partial charge in [-0.05, 0) is 13.3 Å². The molecule has 0 spiro atoms. The van der Waals surface area contributed by atoms with Crippen LogP contribution in [0.25, 0.3) is 0 Å². The van der Waals surface area contributed by atoms with Crippen LogP contribution in [0, 0.1) is 6.92 Å². The van der Waals surface area contributed by atoms with E-state index in [0.29, 0.717) is 11.5 Å². The minimum absolute atomic E-state index is 0.0241. The normalized spacial score (nSPS) is 11.6. The quantitative estimate of drug-likeness (QED) is 0.729. The van der Waals surface area contributed by atoms with E-state index < -0.39 is 16.0 Å². The van der Waals surface area contributed by atoms with E-state index >= 15 is 0 Å². The number of nitrogens with zero attached hydrogens (tertiary/aromatic N) is 1. The highest BCUT2D eigenvalue weighted by molar-refractivity contribution is 7.89. The monoisotopic (exact) mass is 262 g/mol. The van der Waals surface area contributed by atoms with Gasteiger partial charge in [-0.15, -0.1) is 0 Å². The van der Waals surface area contributed by atoms with Crippen molar-refractivity contribution < 1.29 is 22.8 Å². The minimum Gasteiger partial charge on any atom is -0.481 e. The van der Waals surface area contributed by atoms with E-state index in [4.69, 9.17) is 9.63 Å². The first-order valence-electron chi connectivity index (χ1n) is 5.00. The van der Waals surface area contributed by atoms with E-state index in [2.05, 4.69) is 9.88 Å². The summed E-state index contributed by atoms with van der Waals surface area (Å²) in [4.78, 5) is 10.2. The number of aliphatic carboxylic acids is 1. The van der Waals surface area contributed by atoms with Gasteiger partial charge in [-0.25, -0.2) is 13.1 Å². The Balaban J connectivity index is 2.36. The van der Waals surface area contributed by atoms with Crippen molar-refractivity contribution >= 4 is 16.0 Å². The Kier molecular flexibility index (Phi) is 4.64. The third-order valence-electron chi connectivity index (χ3n) is 1.95. The Hall–Kier alpha value is -1.41. The predicted molar refractivity (Wildman–Crippen MR) is 58.7 cm³/mol. The Labute approximate surface area is 98.9 Å². The second-order valence-electron chi connectivity index (χ2n) is 3.57. The first-order valence-corrected chi connectivity index (χ1v) is 6.65. The molecule has 0 atom stereocenters. The SMILES string of the molecule is Cc1cc(CNS(=O)(=O)CCCC(=O)O)on1. The molecule has 1 heterocycles. The zero-order valence-corrected chi connectivity index (χ0v) is 10.2. The Morgan fingerprint density at radius 3 is 2.82 bits per heavy atom. The number of carboxylic acids is 1. The lowest BCUT2D eigenvalue weighted by atomic mass is 10.3. The maximum Gasteiger partial charge on any atom is 0.303 e. The molecule has 7 nitrogen and oxygen atoms in total. The third-order valence-corrected chi connectivity index (χ3v) is 3.36. The number of sulfonamides is 1. The van der Waals surface area contributed by atoms with E-state index in [1.807, 2.05) is 0 Å². The van der Waals surface area contributed by atoms with Crippen LogP contribution in [0.3, 0.4) is 0 Å². The largest absolute Gasteiger partial charge is 0.481 e. The minimum atomic E-state index is -3.47. The average Bonchev–Trinajstić information content (AvgIpc) is 2.61. The van der Waals surface area contributed by atoms with E-state index in [-0.39, 0.29) is 25.1 Å². The molecule has 8 heteroatoms. The molecule has 96 valence electrons. The summed E-state index contributed by atoms with van der Waals surface area (Å²) in [7, 11) is -3.47. The molecule has 0 radical (unpaired) electrons. The smallest absolute Gasteiger partial charge is 0.303 e. The van der Waals surface area contributed by atoms with Gasteiger partial charge in [-0.1, -0.05) is 5.16 Å². The lowest BCUT2D eigenvalue weighted by Crippen LogP contribution is -2.26. The zero-order chi connectivity index (χ0) is 12.9. The summed E-state index contributed by atoms with van der Waals surface area (Å²) in [6.45, 7) is 1.75. The maximum atomic E-state index is 11.4. The van der Waals surface area contributed by atoms with Crippen LogP contribution in [-0.2, 0) is 21.4 Å². The Morgan fingerprint density at radius 2 is 2.29 bits per heavy atom. The number of carboxylic acid groups (broad SMARTS) is 1. The number of nitrogens with one attached hydrogen (secondary N) is 1. The van der Waals surface area contributed by atoms with Gasteiger partial charge in [-0.3, -0.25) is 4.79 Å². The first kappa shape index (κ1) is 13.7. The van der Waals surface area contributed by atoms with Gasteiger partial charge in [0.1, 0.15) is 0 Å². The lowest BCUT2D eigenvalue weighted by molar-refractivity contribution is -0.137. The zero-order valence-electron chi connectivity index (χ0n) is 9.34. The summed E-state index contributed by atoms with van der Waals surface area (Å²) in [5.74, 6) is -0.803. The van der Waals surface area contributed by atoms with Crippen LogP contribution in [0.15, 0.2) is 10.6 Å². The molecule has 1 aromatic rings. The average molecular weight is 262 g/mol. The lowest BCUT2D eigenvalue weighted by Gasteiger charge is -2.03. The van der Waals surface area contributed by atoms with Crippen LogP contribution in [0.4, 0.5) is 0 Å². The van der Waals surface area contributed by atoms with Gasteiger partial charge in [0.05, 0.1) is 18.0 Å². The summed E-state index contributed by atoms with van der Waals surface area (Å²) >= 11 is 0. The molecule has 0 aliphatic carbocycles. The molecule has 17 heavy (non-hydrogen) atoms. The molecule has 0 saturated heterocycles. The van der Waals surface area contributed by atoms with Gasteiger partial charge in [0.2, 0.25) is 10.0 Å². The van der Waals surface area contributed by atoms with Crippen LogP contribution in [-0.4, -0.2) is 30.4 Å². The molecule has 0 aliphatic heterocycles. The number of hydrogen-bond donors (Lipinski definition) is 2. The number of aryl methyl sites for hydroxylation is 1. The van der Waals surface area contributed by atoms with E-state index in [0.717, 1.165) is 0 Å². The number of rotatable bonds is 7. The van der Waals surface area contributed by atoms with Crippen molar-refractivity contribution in [2.24, 2.45) is 0 Å². The molecule has 0 aromatic carbocycles. The molecule has 0 unspecified atom stereocenters. The summed E-state index contributed by atoms with van der Waals surface area (Å²) in [5, 5.41) is 12.0. The van der Waals surface area contributed by atoms with Crippen molar-refractivity contribution in [3.8, 4) is 0 Å². The molecule has 1 rings (SSSR count). The first-order chi connectivity index (χ1) is 7.89. The predicted octanol–water partition coefficient (Wildman–Crippen LogP) is 0.267. The highest BCUT2D eigenvalue weighted by Crippen LogP contribution is 2.03. The van der Waals surface area contributed by atoms with Crippen LogP contribution < -0.4 is 4.72 Å². The highest BCUT2D eigenvalue weighted by Gasteiger charge is 2.12. The Morgan fingerprint density at radius 1 is 1.59 bits per heavy atom. The van der Waals surface area contributed by atoms with Crippen LogP contribution >= 0.6 is 0 Å². The third kappa shape index (κ3) is 5.45. The second-order valence-corrected chi connectivity index (χ2v) is 5.50. The van der Waals surface area contributed by atoms with Crippen molar-refractivity contribution in [1.82, 2.24) is 9.88 Å². The molecule has 0 aliphatic rings. The highest BCUT2D eigenvalue weighted by atomic mass is 32.2. The molecule has 0 bridgehead atoms. The number of aromatic nitrogens is 1. The maximum absolute atomic E-state index is 11.4. The van der Waals surface area contributed by atoms with Gasteiger partial charge < -0.3 is 9.63 Å². The van der Waals surface area contributed by atoms with Crippen molar-refractivity contribution in [2.45, 2.75) is 26.3 Å². The van der Waals surface area contributed by atoms with Crippen molar-refractivity contribution in [3.05, 3.63) is 17.5 Å². The van der Waals surface area contributed by atoms with Gasteiger partial charge in [0, 0.05) is 12.5 Å². The van der Waals surface area contributed by atoms with Gasteiger partial charge in [0.15, 0.2) is 5.76 Å². The molecule has 0 amide bonds. The molecular formula is C9H14N2O5S. The number of hydrogen-bond acceptors (Lipinski definition) is 5. The fourth-order valence-electron chi connectivity index (χ4n) is 1.17. The molecule has 1 aromatic heterocycles. The summed E-state index contributed by atoms with van der Waals surface area (Å²) in [5.41, 5.74) is 0.671. The van der Waals surface area contributed by atoms with Crippen LogP contribution in [0.5, 0.6) is 0 Å². The summed E-state index contributed by atoms with van der Waals surface area (Å²) in [6, 6.07) is 1.62. The standard InChI is InChI=1S/C9H14N2O5S/c1-7-5-8(16-11-7)6-10-17(14,15)4-2-3-9(12)13/h5,10H,2-4,6H2,1H3,(H,12,13). The second kappa shape index (κ2) is 5.78. The van der Waals surface area contributed by atoms with Crippen molar-refractivity contribution in [1.29, 1.82) is 0 Å². The molecule has 0 saturated carbocycles. The topological polar surface area (TPSA) is 110 Å². The summed E-state index contributed by atoms with van der Waals surface area (Å²) < 4.78 is 30.0. The molecule has 0 fully saturated rings. The van der Waals surface area contributed by atoms with Gasteiger partial charge in [0.25, 0.3) is 0 Å². The van der Waals surface area contributed by atoms with Crippen molar-refractivity contribution in [3.63, 3.8) is 0 Å². The fraction of sp³-hybridized carbons (Fsp3) is 0.556. The van der Waals surface area contributed by atoms with E-state index in [9.17, 15) is 13.2 Å². The molecular weight excluding hydrogens is 248 g/mol. The molecule has 2 N–H and O–H groups in total. The number of carbonyl (C=O) groups is 1. The van der Waals surface area contributed by atoms with E-state index in [1.54, 1.807) is 13.0 Å². The van der Waals surface area contributed by atoms with Gasteiger partial charge in [-0.2, -0.15) is 0 Å². The van der Waals surface area contributed by atoms with Crippen LogP contribution in [0.2, 0.25) is 0 Å². The fourth-order valence-corrected chi connectivity index (χ4v) is 2.20. The van der Waals surface area contributed by atoms with E-state index in [1.165, 1.54) is 0 Å². The van der Waals surface area contributed by atoms with Crippen molar-refractivity contribution in [2.75, 3.05) is 5.75 Å². The Bertz CT molecular complexity index is 479.